The number of hydrogen-bond acceptors (Lipinski definition) is 14. The highest BCUT2D eigenvalue weighted by molar-refractivity contribution is 6.42. The second kappa shape index (κ2) is 22.0. The number of carbonyl (C=O) groups excluding carboxylic acids is 2. The molecule has 372 valence electrons. The summed E-state index contributed by atoms with van der Waals surface area (Å²) in [5.41, 5.74) is 2.41. The molecule has 3 N–H and O–H groups in total. The molecule has 5 atom stereocenters. The molecule has 0 spiro atoms. The average Bonchev–Trinajstić information content (AvgIpc) is 3.83. The van der Waals surface area contributed by atoms with Gasteiger partial charge in [0.05, 0.1) is 90.4 Å². The van der Waals surface area contributed by atoms with Crippen molar-refractivity contribution in [3.8, 4) is 45.3 Å². The Bertz CT molecular complexity index is 3060. The third-order valence-corrected chi connectivity index (χ3v) is 14.3. The minimum Gasteiger partial charge on any atom is -0.495 e. The van der Waals surface area contributed by atoms with Gasteiger partial charge in [-0.05, 0) is 68.5 Å². The van der Waals surface area contributed by atoms with Crippen LogP contribution in [0.3, 0.4) is 0 Å². The highest BCUT2D eigenvalue weighted by Gasteiger charge is 2.39. The number of hydrogen-bond donors (Lipinski definition) is 3. The molecule has 1 aliphatic carbocycles. The van der Waals surface area contributed by atoms with Crippen LogP contribution in [0.25, 0.3) is 44.2 Å². The molecular formula is C50H51Cl4N9O8. The molecule has 21 heteroatoms. The molecule has 4 heterocycles. The normalized spacial score (nSPS) is 18.7. The maximum absolute atomic E-state index is 14.1. The van der Waals surface area contributed by atoms with E-state index in [0.717, 1.165) is 11.8 Å². The van der Waals surface area contributed by atoms with Gasteiger partial charge in [-0.3, -0.25) is 19.0 Å². The molecule has 17 nitrogen and oxygen atoms in total. The first kappa shape index (κ1) is 51.0. The largest absolute Gasteiger partial charge is 0.495 e. The molecule has 71 heavy (non-hydrogen) atoms. The lowest BCUT2D eigenvalue weighted by atomic mass is 9.97. The van der Waals surface area contributed by atoms with Gasteiger partial charge in [-0.25, -0.2) is 15.0 Å². The Morgan fingerprint density at radius 2 is 1.39 bits per heavy atom. The van der Waals surface area contributed by atoms with E-state index in [4.69, 9.17) is 80.1 Å². The van der Waals surface area contributed by atoms with Crippen molar-refractivity contribution in [2.75, 3.05) is 52.2 Å². The van der Waals surface area contributed by atoms with Crippen molar-refractivity contribution in [2.24, 2.45) is 0 Å². The van der Waals surface area contributed by atoms with Gasteiger partial charge in [0, 0.05) is 65.6 Å². The first-order chi connectivity index (χ1) is 34.2. The second-order valence-electron chi connectivity index (χ2n) is 16.8. The predicted octanol–water partition coefficient (Wildman–Crippen LogP) is 9.02. The number of benzene rings is 3. The summed E-state index contributed by atoms with van der Waals surface area (Å²) < 4.78 is 29.8. The number of anilines is 2. The number of carbonyl (C=O) groups is 2. The van der Waals surface area contributed by atoms with Gasteiger partial charge in [0.1, 0.15) is 28.6 Å². The minimum atomic E-state index is -0.477. The lowest BCUT2D eigenvalue weighted by Crippen LogP contribution is -2.57. The molecule has 1 saturated carbocycles. The summed E-state index contributed by atoms with van der Waals surface area (Å²) in [6, 6.07) is 8.91. The zero-order chi connectivity index (χ0) is 50.7. The van der Waals surface area contributed by atoms with E-state index in [1.54, 1.807) is 35.5 Å². The van der Waals surface area contributed by atoms with E-state index in [9.17, 15) is 14.4 Å². The molecule has 0 radical (unpaired) electrons. The zero-order valence-electron chi connectivity index (χ0n) is 39.5. The molecular weight excluding hydrogens is 996 g/mol. The predicted molar refractivity (Wildman–Crippen MR) is 277 cm³/mol. The Labute approximate surface area is 429 Å². The van der Waals surface area contributed by atoms with Crippen LogP contribution in [0.15, 0.2) is 78.9 Å². The summed E-state index contributed by atoms with van der Waals surface area (Å²) in [6.07, 6.45) is 7.87. The number of nitrogens with zero attached hydrogens (tertiary/aromatic N) is 6. The van der Waals surface area contributed by atoms with Crippen LogP contribution in [0, 0.1) is 0 Å². The van der Waals surface area contributed by atoms with Gasteiger partial charge in [0.15, 0.2) is 0 Å². The number of rotatable bonds is 17. The van der Waals surface area contributed by atoms with Crippen LogP contribution in [0.2, 0.25) is 20.1 Å². The lowest BCUT2D eigenvalue weighted by Gasteiger charge is -2.40. The number of aryl methyl sites for hydroxylation is 1. The summed E-state index contributed by atoms with van der Waals surface area (Å²) in [7, 11) is 5.95. The highest BCUT2D eigenvalue weighted by Crippen LogP contribution is 2.47. The number of amides is 2. The minimum absolute atomic E-state index is 0.153. The number of fused-ring (bicyclic) bond motifs is 2. The van der Waals surface area contributed by atoms with Gasteiger partial charge >= 0.3 is 0 Å². The van der Waals surface area contributed by atoms with Gasteiger partial charge in [-0.2, -0.15) is 4.98 Å². The number of aromatic nitrogens is 5. The van der Waals surface area contributed by atoms with Crippen molar-refractivity contribution in [1.29, 1.82) is 0 Å². The Hall–Kier alpha value is -6.37. The van der Waals surface area contributed by atoms with Gasteiger partial charge in [0.25, 0.3) is 5.56 Å². The van der Waals surface area contributed by atoms with Gasteiger partial charge in [0.2, 0.25) is 23.7 Å². The van der Waals surface area contributed by atoms with Crippen molar-refractivity contribution in [2.45, 2.75) is 69.4 Å². The zero-order valence-corrected chi connectivity index (χ0v) is 42.5. The van der Waals surface area contributed by atoms with Crippen LogP contribution in [0.5, 0.6) is 23.0 Å². The second-order valence-corrected chi connectivity index (χ2v) is 18.3. The van der Waals surface area contributed by atoms with Crippen LogP contribution in [-0.4, -0.2) is 113 Å². The summed E-state index contributed by atoms with van der Waals surface area (Å²) in [5.74, 6) is 1.37. The van der Waals surface area contributed by atoms with Gasteiger partial charge < -0.3 is 44.5 Å². The fraction of sp³-hybridized carbons (Fsp3) is 0.340. The molecule has 2 amide bonds. The van der Waals surface area contributed by atoms with Crippen LogP contribution in [0.1, 0.15) is 32.6 Å². The maximum Gasteiger partial charge on any atom is 0.260 e. The van der Waals surface area contributed by atoms with E-state index in [1.165, 1.54) is 45.2 Å². The van der Waals surface area contributed by atoms with Gasteiger partial charge in [-0.15, -0.1) is 0 Å². The fourth-order valence-electron chi connectivity index (χ4n) is 9.30. The van der Waals surface area contributed by atoms with Crippen LogP contribution >= 0.6 is 46.4 Å². The van der Waals surface area contributed by atoms with E-state index in [1.807, 2.05) is 25.1 Å². The Morgan fingerprint density at radius 3 is 2.00 bits per heavy atom. The molecule has 3 aromatic carbocycles. The third kappa shape index (κ3) is 10.2. The Kier molecular flexibility index (Phi) is 15.8. The Balaban J connectivity index is 0.996. The fourth-order valence-corrected chi connectivity index (χ4v) is 10.7. The topological polar surface area (TPSA) is 193 Å². The quantitative estimate of drug-likeness (QED) is 0.0733. The lowest BCUT2D eigenvalue weighted by molar-refractivity contribution is -0.132. The number of nitrogens with one attached hydrogen (secondary N) is 3. The number of ether oxygens (including phenoxy) is 5. The molecule has 8 rings (SSSR count). The first-order valence-corrected chi connectivity index (χ1v) is 24.2. The van der Waals surface area contributed by atoms with Crippen molar-refractivity contribution in [1.82, 2.24) is 34.7 Å². The van der Waals surface area contributed by atoms with Crippen molar-refractivity contribution >= 4 is 92.1 Å². The highest BCUT2D eigenvalue weighted by atomic mass is 35.5. The number of halogens is 4. The van der Waals surface area contributed by atoms with E-state index < -0.39 is 18.2 Å². The molecule has 6 aromatic rings. The summed E-state index contributed by atoms with van der Waals surface area (Å²) in [4.78, 5) is 61.3. The summed E-state index contributed by atoms with van der Waals surface area (Å²) in [6.45, 7) is 9.94. The molecule has 1 aliphatic heterocycles. The molecule has 1 saturated heterocycles. The van der Waals surface area contributed by atoms with E-state index in [0.29, 0.717) is 85.9 Å². The van der Waals surface area contributed by atoms with Crippen molar-refractivity contribution < 1.29 is 33.3 Å². The smallest absolute Gasteiger partial charge is 0.260 e. The molecule has 2 aliphatic rings. The Morgan fingerprint density at radius 1 is 0.789 bits per heavy atom. The standard InChI is InChI=1S/C50H51Cl4N9O8/c1-8-39(64)57-32-18-28(71-24-33(32)60-49-55-21-26-16-25(14-15-30(26)58-49)41-43(51)35(67-4)19-36(68-5)44(41)52)23-63(40(65)9-2)34-13-11-12-31(34)59-50-56-22-27-17-29(48(66)62(10-3)47(27)61-50)42-45(53)37(69-6)20-38(70-7)46(42)54/h8-9,14-17,19-22,28,31-34H,1-2,10-13,18,23-24H2,3-7H3,(H,57,64)(H,55,58,60)(H,56,59,61)/t28-,31-,32+,33-,34+/m1/s1. The maximum atomic E-state index is 14.1. The SMILES string of the molecule is C=CC(=O)N[C@H]1C[C@H](CN(C(=O)C=C)[C@H]2CCC[C@H]2Nc2ncc3cc(-c4c(Cl)c(OC)cc(OC)c4Cl)c(=O)n(CC)c3n2)OC[C@H]1Nc1ncc2cc(-c3c(Cl)c(OC)cc(OC)c3Cl)ccc2n1. The molecule has 3 aromatic heterocycles. The number of pyridine rings is 1. The van der Waals surface area contributed by atoms with Gasteiger partial charge in [-0.1, -0.05) is 65.6 Å². The van der Waals surface area contributed by atoms with E-state index in [2.05, 4.69) is 39.1 Å². The number of methoxy groups -OCH3 is 4. The average molecular weight is 1050 g/mol. The van der Waals surface area contributed by atoms with Crippen LogP contribution < -0.4 is 40.5 Å². The molecule has 0 unspecified atom stereocenters. The summed E-state index contributed by atoms with van der Waals surface area (Å²) >= 11 is 26.9. The van der Waals surface area contributed by atoms with Crippen molar-refractivity contribution in [3.05, 3.63) is 105 Å². The van der Waals surface area contributed by atoms with E-state index >= 15 is 0 Å². The summed E-state index contributed by atoms with van der Waals surface area (Å²) in [5, 5.41) is 12.1. The van der Waals surface area contributed by atoms with Crippen LogP contribution in [0.4, 0.5) is 11.9 Å². The third-order valence-electron chi connectivity index (χ3n) is 12.8. The monoisotopic (exact) mass is 1050 g/mol. The van der Waals surface area contributed by atoms with E-state index in [-0.39, 0.29) is 76.3 Å². The van der Waals surface area contributed by atoms with Crippen LogP contribution in [-0.2, 0) is 20.9 Å². The molecule has 0 bridgehead atoms. The van der Waals surface area contributed by atoms with Crippen molar-refractivity contribution in [3.63, 3.8) is 0 Å². The first-order valence-electron chi connectivity index (χ1n) is 22.6. The molecule has 2 fully saturated rings.